The van der Waals surface area contributed by atoms with Gasteiger partial charge in [-0.1, -0.05) is 81.4 Å². The highest BCUT2D eigenvalue weighted by Crippen LogP contribution is 2.33. The summed E-state index contributed by atoms with van der Waals surface area (Å²) in [6, 6.07) is 23.1. The number of amides is 2. The van der Waals surface area contributed by atoms with Crippen LogP contribution >= 0.6 is 11.3 Å². The summed E-state index contributed by atoms with van der Waals surface area (Å²) >= 11 is 1.59. The highest BCUT2D eigenvalue weighted by atomic mass is 32.1. The minimum atomic E-state index is -0.790. The number of carbonyl (C=O) groups is 2. The number of aliphatic hydroxyl groups excluding tert-OH is 1. The molecule has 3 aromatic carbocycles. The molecule has 6 rings (SSSR count). The number of nitrogens with one attached hydrogen (secondary N) is 2. The van der Waals surface area contributed by atoms with Gasteiger partial charge in [0.1, 0.15) is 11.8 Å². The fourth-order valence-corrected chi connectivity index (χ4v) is 7.18. The number of nitrogens with zero attached hydrogens (tertiary/aromatic N) is 4. The maximum Gasteiger partial charge on any atom is 0.243 e. The van der Waals surface area contributed by atoms with Gasteiger partial charge in [0.15, 0.2) is 5.82 Å². The second kappa shape index (κ2) is 15.0. The number of likely N-dealkylation sites (tertiary alicyclic amines) is 1. The van der Waals surface area contributed by atoms with E-state index in [1.165, 1.54) is 4.90 Å². The number of aromatic hydroxyl groups is 1. The number of hydrogen-bond acceptors (Lipinski definition) is 10. The molecular formula is C39H43N7O4S. The zero-order valence-corrected chi connectivity index (χ0v) is 29.9. The molecule has 264 valence electrons. The van der Waals surface area contributed by atoms with E-state index in [4.69, 9.17) is 5.73 Å². The minimum absolute atomic E-state index is 0.0902. The smallest absolute Gasteiger partial charge is 0.243 e. The third-order valence-electron chi connectivity index (χ3n) is 9.18. The number of phenols is 1. The van der Waals surface area contributed by atoms with Gasteiger partial charge in [0.05, 0.1) is 33.9 Å². The number of aryl methyl sites for hydroxylation is 1. The summed E-state index contributed by atoms with van der Waals surface area (Å²) in [6.45, 7) is 8.71. The highest BCUT2D eigenvalue weighted by molar-refractivity contribution is 7.13. The molecule has 1 aliphatic rings. The summed E-state index contributed by atoms with van der Waals surface area (Å²) in [5, 5.41) is 35.6. The van der Waals surface area contributed by atoms with E-state index in [1.54, 1.807) is 35.6 Å². The lowest BCUT2D eigenvalue weighted by atomic mass is 9.85. The van der Waals surface area contributed by atoms with Crippen molar-refractivity contribution in [3.05, 3.63) is 101 Å². The number of benzene rings is 3. The molecule has 0 bridgehead atoms. The molecule has 0 saturated carbocycles. The Kier molecular flexibility index (Phi) is 10.5. The van der Waals surface area contributed by atoms with E-state index in [1.807, 2.05) is 87.8 Å². The summed E-state index contributed by atoms with van der Waals surface area (Å²) in [5.74, 6) is -0.148. The quantitative estimate of drug-likeness (QED) is 0.129. The second-order valence-corrected chi connectivity index (χ2v) is 14.9. The monoisotopic (exact) mass is 705 g/mol. The number of hydrogen-bond donors (Lipinski definition) is 5. The molecule has 6 N–H and O–H groups in total. The maximum absolute atomic E-state index is 14.1. The number of carbonyl (C=O) groups excluding carboxylic acids is 2. The van der Waals surface area contributed by atoms with Crippen molar-refractivity contribution in [1.29, 1.82) is 0 Å². The highest BCUT2D eigenvalue weighted by Gasteiger charge is 2.43. The maximum atomic E-state index is 14.1. The van der Waals surface area contributed by atoms with Gasteiger partial charge >= 0.3 is 0 Å². The summed E-state index contributed by atoms with van der Waals surface area (Å²) in [6.07, 6.45) is -0.612. The molecular weight excluding hydrogens is 663 g/mol. The van der Waals surface area contributed by atoms with Crippen molar-refractivity contribution in [1.82, 2.24) is 30.7 Å². The van der Waals surface area contributed by atoms with Crippen LogP contribution in [0.3, 0.4) is 0 Å². The van der Waals surface area contributed by atoms with E-state index in [-0.39, 0.29) is 36.3 Å². The summed E-state index contributed by atoms with van der Waals surface area (Å²) in [4.78, 5) is 34.5. The number of nitrogen functional groups attached to an aromatic ring is 1. The predicted molar refractivity (Wildman–Crippen MR) is 199 cm³/mol. The molecule has 2 amide bonds. The largest absolute Gasteiger partial charge is 0.507 e. The van der Waals surface area contributed by atoms with Gasteiger partial charge in [0, 0.05) is 37.2 Å². The van der Waals surface area contributed by atoms with Gasteiger partial charge in [-0.2, -0.15) is 0 Å². The van der Waals surface area contributed by atoms with E-state index in [0.717, 1.165) is 32.8 Å². The Balaban J connectivity index is 1.10. The molecule has 2 aromatic heterocycles. The topological polar surface area (TPSA) is 167 Å². The molecule has 11 nitrogen and oxygen atoms in total. The van der Waals surface area contributed by atoms with Crippen molar-refractivity contribution in [3.63, 3.8) is 0 Å². The van der Waals surface area contributed by atoms with Crippen LogP contribution in [-0.2, 0) is 22.7 Å². The number of para-hydroxylation sites is 1. The number of phenolic OH excluding ortho intramolecular Hbond substituents is 1. The second-order valence-electron chi connectivity index (χ2n) is 14.0. The van der Waals surface area contributed by atoms with Crippen LogP contribution in [0.4, 0.5) is 5.82 Å². The predicted octanol–water partition coefficient (Wildman–Crippen LogP) is 5.31. The molecule has 1 saturated heterocycles. The van der Waals surface area contributed by atoms with Crippen molar-refractivity contribution in [2.45, 2.75) is 65.4 Å². The molecule has 3 atom stereocenters. The van der Waals surface area contributed by atoms with E-state index in [0.29, 0.717) is 29.9 Å². The van der Waals surface area contributed by atoms with E-state index in [9.17, 15) is 19.8 Å². The van der Waals surface area contributed by atoms with Crippen LogP contribution in [0.15, 0.2) is 84.4 Å². The third-order valence-corrected chi connectivity index (χ3v) is 10.2. The Bertz CT molecular complexity index is 2010. The third kappa shape index (κ3) is 8.09. The van der Waals surface area contributed by atoms with Crippen molar-refractivity contribution in [3.8, 4) is 38.6 Å². The zero-order valence-electron chi connectivity index (χ0n) is 29.1. The van der Waals surface area contributed by atoms with E-state index >= 15 is 0 Å². The Morgan fingerprint density at radius 1 is 0.961 bits per heavy atom. The number of anilines is 1. The van der Waals surface area contributed by atoms with Crippen molar-refractivity contribution >= 4 is 29.0 Å². The Morgan fingerprint density at radius 3 is 2.27 bits per heavy atom. The van der Waals surface area contributed by atoms with Crippen molar-refractivity contribution in [2.24, 2.45) is 5.41 Å². The number of thiazole rings is 1. The first-order chi connectivity index (χ1) is 24.4. The molecule has 3 heterocycles. The fraction of sp³-hybridized carbons (Fsp3) is 0.308. The number of β-amino-alcohol motifs (C(OH)–C–C–N with tert-alkyl or cyclic N) is 1. The molecule has 1 fully saturated rings. The van der Waals surface area contributed by atoms with Crippen LogP contribution in [0.2, 0.25) is 0 Å². The average molecular weight is 706 g/mol. The van der Waals surface area contributed by atoms with Gasteiger partial charge < -0.3 is 31.5 Å². The van der Waals surface area contributed by atoms with Crippen molar-refractivity contribution < 1.29 is 19.8 Å². The van der Waals surface area contributed by atoms with Gasteiger partial charge in [0.2, 0.25) is 11.8 Å². The minimum Gasteiger partial charge on any atom is -0.507 e. The molecule has 12 heteroatoms. The Labute approximate surface area is 301 Å². The lowest BCUT2D eigenvalue weighted by molar-refractivity contribution is -0.142. The summed E-state index contributed by atoms with van der Waals surface area (Å²) in [5.41, 5.74) is 14.0. The van der Waals surface area contributed by atoms with Crippen LogP contribution < -0.4 is 16.4 Å². The zero-order chi connectivity index (χ0) is 36.3. The summed E-state index contributed by atoms with van der Waals surface area (Å²) in [7, 11) is 0. The van der Waals surface area contributed by atoms with Crippen LogP contribution in [0.25, 0.3) is 32.8 Å². The normalized spacial score (nSPS) is 16.6. The van der Waals surface area contributed by atoms with Gasteiger partial charge in [0.25, 0.3) is 0 Å². The van der Waals surface area contributed by atoms with Crippen LogP contribution in [0.5, 0.6) is 5.75 Å². The molecule has 0 spiro atoms. The fourth-order valence-electron chi connectivity index (χ4n) is 6.37. The van der Waals surface area contributed by atoms with E-state index < -0.39 is 23.6 Å². The molecule has 1 aliphatic heterocycles. The van der Waals surface area contributed by atoms with Gasteiger partial charge in [-0.15, -0.1) is 21.5 Å². The van der Waals surface area contributed by atoms with E-state index in [2.05, 4.69) is 25.8 Å². The van der Waals surface area contributed by atoms with Gasteiger partial charge in [-0.3, -0.25) is 9.59 Å². The molecule has 0 unspecified atom stereocenters. The lowest BCUT2D eigenvalue weighted by Crippen LogP contribution is -2.56. The number of aliphatic hydroxyl groups is 1. The molecule has 51 heavy (non-hydrogen) atoms. The Morgan fingerprint density at radius 2 is 1.63 bits per heavy atom. The van der Waals surface area contributed by atoms with Gasteiger partial charge in [-0.05, 0) is 52.8 Å². The molecule has 5 aromatic rings. The van der Waals surface area contributed by atoms with Crippen molar-refractivity contribution in [2.75, 3.05) is 12.3 Å². The number of aromatic nitrogens is 3. The van der Waals surface area contributed by atoms with Crippen LogP contribution in [0.1, 0.15) is 44.0 Å². The Hall–Kier alpha value is -5.17. The van der Waals surface area contributed by atoms with Crippen LogP contribution in [-0.4, -0.2) is 66.8 Å². The number of nitrogens with two attached hydrogens (primary N) is 1. The first kappa shape index (κ1) is 35.6. The van der Waals surface area contributed by atoms with Gasteiger partial charge in [-0.25, -0.2) is 4.98 Å². The molecule has 0 radical (unpaired) electrons. The first-order valence-electron chi connectivity index (χ1n) is 16.9. The summed E-state index contributed by atoms with van der Waals surface area (Å²) < 4.78 is 0. The average Bonchev–Trinajstić information content (AvgIpc) is 3.73. The molecule has 0 aliphatic carbocycles. The van der Waals surface area contributed by atoms with Crippen LogP contribution in [0, 0.1) is 12.3 Å². The standard InChI is InChI=1S/C39H43N7O4S/c1-23-34(51-22-43-23)27-15-11-25(12-16-27)20-42-37(49)32-17-28(47)21-46(32)38(50)35(39(2,3)4)41-19-24-9-13-26(14-10-24)30-18-31(44-45-36(30)40)29-7-5-6-8-33(29)48/h5-16,18,22,28,32,35,41,47-48H,17,19-21H2,1-4H3,(H2,40,45)(H,42,49)/t28-,32+,35-/m1/s1. The number of rotatable bonds is 10. The SMILES string of the molecule is Cc1ncsc1-c1ccc(CNC(=O)[C@@H]2C[C@@H](O)CN2C(=O)[C@@H](NCc2ccc(-c3cc(-c4ccccc4O)nnc3N)cc2)C(C)(C)C)cc1. The lowest BCUT2D eigenvalue weighted by Gasteiger charge is -2.35. The first-order valence-corrected chi connectivity index (χ1v) is 17.8.